The summed E-state index contributed by atoms with van der Waals surface area (Å²) < 4.78 is 31.6. The molecule has 1 rings (SSSR count). The van der Waals surface area contributed by atoms with Crippen molar-refractivity contribution >= 4 is 16.2 Å². The van der Waals surface area contributed by atoms with E-state index in [1.807, 2.05) is 6.07 Å². The fourth-order valence-electron chi connectivity index (χ4n) is 1.43. The third-order valence-corrected chi connectivity index (χ3v) is 3.52. The van der Waals surface area contributed by atoms with Crippen molar-refractivity contribution in [3.05, 3.63) is 35.9 Å². The van der Waals surface area contributed by atoms with Crippen molar-refractivity contribution in [3.8, 4) is 0 Å². The van der Waals surface area contributed by atoms with E-state index in [9.17, 15) is 13.2 Å². The molecule has 0 aromatic heterocycles. The van der Waals surface area contributed by atoms with E-state index in [4.69, 9.17) is 0 Å². The molecule has 0 aliphatic rings. The third-order valence-electron chi connectivity index (χ3n) is 2.43. The van der Waals surface area contributed by atoms with Gasteiger partial charge in [0, 0.05) is 13.6 Å². The van der Waals surface area contributed by atoms with Crippen LogP contribution in [-0.2, 0) is 19.7 Å². The highest BCUT2D eigenvalue weighted by atomic mass is 32.2. The van der Waals surface area contributed by atoms with Crippen molar-refractivity contribution in [1.82, 2.24) is 9.44 Å². The van der Waals surface area contributed by atoms with E-state index in [0.29, 0.717) is 5.56 Å². The minimum atomic E-state index is -3.57. The highest BCUT2D eigenvalue weighted by Gasteiger charge is 2.22. The van der Waals surface area contributed by atoms with Gasteiger partial charge in [-0.3, -0.25) is 4.79 Å². The van der Waals surface area contributed by atoms with Gasteiger partial charge in [0.25, 0.3) is 10.2 Å². The number of nitrogens with one attached hydrogen (secondary N) is 2. The van der Waals surface area contributed by atoms with Crippen molar-refractivity contribution < 1.29 is 17.9 Å². The standard InChI is InChI=1S/C11H16N2O4S/c1-12-18(15,16)13-8-10(11(14)17-2)9-6-4-3-5-7-9/h3-7,10,12-13H,8H2,1-2H3. The monoisotopic (exact) mass is 272 g/mol. The predicted octanol–water partition coefficient (Wildman–Crippen LogP) is -0.00300. The molecule has 1 atom stereocenters. The molecule has 100 valence electrons. The number of hydrogen-bond acceptors (Lipinski definition) is 4. The van der Waals surface area contributed by atoms with E-state index >= 15 is 0 Å². The van der Waals surface area contributed by atoms with E-state index in [0.717, 1.165) is 0 Å². The second kappa shape index (κ2) is 6.48. The zero-order chi connectivity index (χ0) is 13.6. The molecule has 0 aliphatic carbocycles. The summed E-state index contributed by atoms with van der Waals surface area (Å²) in [7, 11) is -1.01. The van der Waals surface area contributed by atoms with E-state index in [1.165, 1.54) is 14.2 Å². The molecule has 0 spiro atoms. The van der Waals surface area contributed by atoms with E-state index < -0.39 is 22.1 Å². The Morgan fingerprint density at radius 2 is 1.94 bits per heavy atom. The van der Waals surface area contributed by atoms with Gasteiger partial charge in [-0.25, -0.2) is 9.44 Å². The van der Waals surface area contributed by atoms with Gasteiger partial charge in [-0.2, -0.15) is 8.42 Å². The number of methoxy groups -OCH3 is 1. The molecule has 1 aromatic carbocycles. The van der Waals surface area contributed by atoms with Crippen LogP contribution in [0.3, 0.4) is 0 Å². The zero-order valence-electron chi connectivity index (χ0n) is 10.2. The minimum absolute atomic E-state index is 0.0557. The van der Waals surface area contributed by atoms with Crippen molar-refractivity contribution in [2.45, 2.75) is 5.92 Å². The third kappa shape index (κ3) is 4.10. The summed E-state index contributed by atoms with van der Waals surface area (Å²) in [5, 5.41) is 0. The molecule has 0 bridgehead atoms. The molecular formula is C11H16N2O4S. The van der Waals surface area contributed by atoms with Crippen LogP contribution in [0.2, 0.25) is 0 Å². The fraction of sp³-hybridized carbons (Fsp3) is 0.364. The lowest BCUT2D eigenvalue weighted by Crippen LogP contribution is -2.38. The Morgan fingerprint density at radius 1 is 1.33 bits per heavy atom. The Kier molecular flexibility index (Phi) is 5.26. The van der Waals surface area contributed by atoms with Crippen LogP contribution in [0.5, 0.6) is 0 Å². The van der Waals surface area contributed by atoms with Crippen LogP contribution >= 0.6 is 0 Å². The molecule has 6 nitrogen and oxygen atoms in total. The molecular weight excluding hydrogens is 256 g/mol. The van der Waals surface area contributed by atoms with Crippen molar-refractivity contribution in [2.24, 2.45) is 0 Å². The van der Waals surface area contributed by atoms with Gasteiger partial charge in [-0.15, -0.1) is 0 Å². The molecule has 0 radical (unpaired) electrons. The fourth-order valence-corrected chi connectivity index (χ4v) is 1.96. The topological polar surface area (TPSA) is 84.5 Å². The maximum atomic E-state index is 11.6. The first-order valence-electron chi connectivity index (χ1n) is 5.31. The summed E-state index contributed by atoms with van der Waals surface area (Å²) in [6, 6.07) is 8.86. The molecule has 0 saturated heterocycles. The van der Waals surface area contributed by atoms with Crippen molar-refractivity contribution in [2.75, 3.05) is 20.7 Å². The van der Waals surface area contributed by atoms with Gasteiger partial charge in [0.2, 0.25) is 0 Å². The Hall–Kier alpha value is -1.44. The van der Waals surface area contributed by atoms with Crippen LogP contribution in [0.15, 0.2) is 30.3 Å². The normalized spacial score (nSPS) is 13.0. The van der Waals surface area contributed by atoms with Crippen molar-refractivity contribution in [1.29, 1.82) is 0 Å². The molecule has 18 heavy (non-hydrogen) atoms. The Morgan fingerprint density at radius 3 is 2.44 bits per heavy atom. The number of carbonyl (C=O) groups excluding carboxylic acids is 1. The molecule has 0 fully saturated rings. The second-order valence-corrected chi connectivity index (χ2v) is 5.25. The van der Waals surface area contributed by atoms with Crippen LogP contribution in [-0.4, -0.2) is 35.1 Å². The first-order chi connectivity index (χ1) is 8.50. The van der Waals surface area contributed by atoms with Gasteiger partial charge in [0.1, 0.15) is 0 Å². The molecule has 0 saturated carbocycles. The van der Waals surface area contributed by atoms with Crippen molar-refractivity contribution in [3.63, 3.8) is 0 Å². The van der Waals surface area contributed by atoms with Crippen LogP contribution < -0.4 is 9.44 Å². The highest BCUT2D eigenvalue weighted by Crippen LogP contribution is 2.16. The summed E-state index contributed by atoms with van der Waals surface area (Å²) in [5.74, 6) is -1.15. The lowest BCUT2D eigenvalue weighted by atomic mass is 10.00. The lowest BCUT2D eigenvalue weighted by Gasteiger charge is -2.15. The summed E-state index contributed by atoms with van der Waals surface area (Å²) in [5.41, 5.74) is 0.697. The largest absolute Gasteiger partial charge is 0.469 e. The number of benzene rings is 1. The van der Waals surface area contributed by atoms with Gasteiger partial charge < -0.3 is 4.74 Å². The van der Waals surface area contributed by atoms with Gasteiger partial charge in [0.05, 0.1) is 13.0 Å². The van der Waals surface area contributed by atoms with Gasteiger partial charge >= 0.3 is 5.97 Å². The summed E-state index contributed by atoms with van der Waals surface area (Å²) in [6.07, 6.45) is 0. The van der Waals surface area contributed by atoms with E-state index in [2.05, 4.69) is 14.2 Å². The maximum Gasteiger partial charge on any atom is 0.314 e. The molecule has 0 heterocycles. The molecule has 2 N–H and O–H groups in total. The molecule has 0 aliphatic heterocycles. The van der Waals surface area contributed by atoms with E-state index in [1.54, 1.807) is 24.3 Å². The summed E-state index contributed by atoms with van der Waals surface area (Å²) in [6.45, 7) is -0.0557. The van der Waals surface area contributed by atoms with Crippen LogP contribution in [0, 0.1) is 0 Å². The minimum Gasteiger partial charge on any atom is -0.469 e. The predicted molar refractivity (Wildman–Crippen MR) is 67.2 cm³/mol. The number of rotatable bonds is 6. The number of esters is 1. The van der Waals surface area contributed by atoms with Crippen LogP contribution in [0.1, 0.15) is 11.5 Å². The SMILES string of the molecule is CNS(=O)(=O)NCC(C(=O)OC)c1ccccc1. The van der Waals surface area contributed by atoms with Crippen LogP contribution in [0.4, 0.5) is 0 Å². The summed E-state index contributed by atoms with van der Waals surface area (Å²) >= 11 is 0. The van der Waals surface area contributed by atoms with Gasteiger partial charge in [0.15, 0.2) is 0 Å². The molecule has 0 amide bonds. The first kappa shape index (κ1) is 14.6. The number of ether oxygens (including phenoxy) is 1. The van der Waals surface area contributed by atoms with Crippen LogP contribution in [0.25, 0.3) is 0 Å². The van der Waals surface area contributed by atoms with Gasteiger partial charge in [-0.05, 0) is 5.56 Å². The average molecular weight is 272 g/mol. The zero-order valence-corrected chi connectivity index (χ0v) is 11.0. The maximum absolute atomic E-state index is 11.6. The van der Waals surface area contributed by atoms with E-state index in [-0.39, 0.29) is 6.54 Å². The summed E-state index contributed by atoms with van der Waals surface area (Å²) in [4.78, 5) is 11.6. The average Bonchev–Trinajstić information content (AvgIpc) is 2.39. The Bertz CT molecular complexity index is 487. The highest BCUT2D eigenvalue weighted by molar-refractivity contribution is 7.87. The smallest absolute Gasteiger partial charge is 0.314 e. The molecule has 1 aromatic rings. The quantitative estimate of drug-likeness (QED) is 0.714. The second-order valence-electron chi connectivity index (χ2n) is 3.54. The lowest BCUT2D eigenvalue weighted by molar-refractivity contribution is -0.142. The Labute approximate surface area is 107 Å². The number of hydrogen-bond donors (Lipinski definition) is 2. The number of carbonyl (C=O) groups is 1. The Balaban J connectivity index is 2.85. The van der Waals surface area contributed by atoms with Gasteiger partial charge in [-0.1, -0.05) is 30.3 Å². The molecule has 7 heteroatoms. The molecule has 1 unspecified atom stereocenters. The first-order valence-corrected chi connectivity index (χ1v) is 6.79.